The van der Waals surface area contributed by atoms with Gasteiger partial charge in [0, 0.05) is 22.8 Å². The lowest BCUT2D eigenvalue weighted by atomic mass is 10.2. The summed E-state index contributed by atoms with van der Waals surface area (Å²) in [7, 11) is 0. The molecule has 2 rings (SSSR count). The van der Waals surface area contributed by atoms with Crippen molar-refractivity contribution < 1.29 is 4.39 Å². The lowest BCUT2D eigenvalue weighted by Gasteiger charge is -2.08. The Hall–Kier alpha value is -0.760. The maximum atomic E-state index is 13.4. The zero-order chi connectivity index (χ0) is 13.8. The quantitative estimate of drug-likeness (QED) is 0.720. The van der Waals surface area contributed by atoms with Crippen molar-refractivity contribution >= 4 is 44.3 Å². The molecule has 0 atom stereocenters. The molecule has 0 spiro atoms. The maximum absolute atomic E-state index is 13.4. The molecule has 100 valence electrons. The van der Waals surface area contributed by atoms with Crippen LogP contribution in [-0.2, 0) is 0 Å². The first kappa shape index (κ1) is 14.6. The van der Waals surface area contributed by atoms with Gasteiger partial charge in [0.1, 0.15) is 11.6 Å². The number of benzene rings is 1. The van der Waals surface area contributed by atoms with E-state index in [1.54, 1.807) is 12.3 Å². The molecular weight excluding hydrogens is 424 g/mol. The van der Waals surface area contributed by atoms with E-state index in [9.17, 15) is 4.39 Å². The molecule has 6 heteroatoms. The molecular formula is C13H12BrFIN3. The number of anilines is 1. The molecule has 0 saturated heterocycles. The first-order valence-corrected chi connectivity index (χ1v) is 7.70. The second-order valence-electron chi connectivity index (χ2n) is 3.98. The van der Waals surface area contributed by atoms with Crippen molar-refractivity contribution in [3.63, 3.8) is 0 Å². The van der Waals surface area contributed by atoms with Crippen molar-refractivity contribution in [2.45, 2.75) is 13.3 Å². The molecule has 0 aliphatic carbocycles. The largest absolute Gasteiger partial charge is 0.369 e. The minimum absolute atomic E-state index is 0.311. The van der Waals surface area contributed by atoms with Gasteiger partial charge in [0.15, 0.2) is 5.82 Å². The van der Waals surface area contributed by atoms with Crippen LogP contribution in [0, 0.1) is 9.39 Å². The molecule has 19 heavy (non-hydrogen) atoms. The summed E-state index contributed by atoms with van der Waals surface area (Å²) in [6.45, 7) is 2.94. The van der Waals surface area contributed by atoms with Crippen LogP contribution in [-0.4, -0.2) is 16.5 Å². The normalized spacial score (nSPS) is 10.5. The van der Waals surface area contributed by atoms with Crippen molar-refractivity contribution in [2.24, 2.45) is 0 Å². The molecule has 2 aromatic rings. The minimum atomic E-state index is -0.311. The van der Waals surface area contributed by atoms with Crippen LogP contribution in [0.15, 0.2) is 28.9 Å². The van der Waals surface area contributed by atoms with Crippen molar-refractivity contribution in [3.8, 4) is 11.4 Å². The molecule has 0 radical (unpaired) electrons. The van der Waals surface area contributed by atoms with Gasteiger partial charge in [0.25, 0.3) is 0 Å². The fraction of sp³-hybridized carbons (Fsp3) is 0.231. The average molecular weight is 436 g/mol. The fourth-order valence-electron chi connectivity index (χ4n) is 1.56. The van der Waals surface area contributed by atoms with Gasteiger partial charge in [-0.25, -0.2) is 14.4 Å². The van der Waals surface area contributed by atoms with Crippen LogP contribution in [0.1, 0.15) is 13.3 Å². The smallest absolute Gasteiger partial charge is 0.161 e. The summed E-state index contributed by atoms with van der Waals surface area (Å²) in [5.74, 6) is 0.988. The summed E-state index contributed by atoms with van der Waals surface area (Å²) in [4.78, 5) is 8.70. The Balaban J connectivity index is 2.39. The molecule has 0 saturated carbocycles. The molecule has 1 N–H and O–H groups in total. The van der Waals surface area contributed by atoms with Crippen molar-refractivity contribution in [1.29, 1.82) is 0 Å². The molecule has 3 nitrogen and oxygen atoms in total. The van der Waals surface area contributed by atoms with Gasteiger partial charge >= 0.3 is 0 Å². The lowest BCUT2D eigenvalue weighted by molar-refractivity contribution is 0.627. The molecule has 0 aliphatic rings. The highest BCUT2D eigenvalue weighted by Crippen LogP contribution is 2.24. The minimum Gasteiger partial charge on any atom is -0.369 e. The Morgan fingerprint density at radius 1 is 1.37 bits per heavy atom. The van der Waals surface area contributed by atoms with E-state index in [0.717, 1.165) is 22.4 Å². The van der Waals surface area contributed by atoms with E-state index < -0.39 is 0 Å². The van der Waals surface area contributed by atoms with E-state index in [4.69, 9.17) is 0 Å². The molecule has 0 unspecified atom stereocenters. The van der Waals surface area contributed by atoms with Crippen molar-refractivity contribution in [1.82, 2.24) is 9.97 Å². The molecule has 0 bridgehead atoms. The van der Waals surface area contributed by atoms with Crippen LogP contribution in [0.5, 0.6) is 0 Å². The number of nitrogens with zero attached hydrogens (tertiary/aromatic N) is 2. The highest BCUT2D eigenvalue weighted by molar-refractivity contribution is 14.1. The van der Waals surface area contributed by atoms with E-state index >= 15 is 0 Å². The number of nitrogens with one attached hydrogen (secondary N) is 1. The van der Waals surface area contributed by atoms with E-state index in [0.29, 0.717) is 15.9 Å². The standard InChI is InChI=1S/C13H12BrFIN3/c1-2-3-17-13-11(16)7-18-12(19-13)8-4-9(14)6-10(15)5-8/h4-7H,2-3H2,1H3,(H,17,18,19). The Kier molecular flexibility index (Phi) is 5.09. The fourth-order valence-corrected chi connectivity index (χ4v) is 2.47. The Morgan fingerprint density at radius 2 is 2.16 bits per heavy atom. The van der Waals surface area contributed by atoms with E-state index in [-0.39, 0.29) is 5.82 Å². The van der Waals surface area contributed by atoms with E-state index in [1.165, 1.54) is 12.1 Å². The van der Waals surface area contributed by atoms with Gasteiger partial charge in [0.2, 0.25) is 0 Å². The predicted octanol–water partition coefficient (Wildman–Crippen LogP) is 4.47. The summed E-state index contributed by atoms with van der Waals surface area (Å²) in [6.07, 6.45) is 2.75. The number of hydrogen-bond acceptors (Lipinski definition) is 3. The van der Waals surface area contributed by atoms with Crippen LogP contribution >= 0.6 is 38.5 Å². The maximum Gasteiger partial charge on any atom is 0.161 e. The van der Waals surface area contributed by atoms with Crippen LogP contribution in [0.2, 0.25) is 0 Å². The third kappa shape index (κ3) is 3.85. The van der Waals surface area contributed by atoms with Crippen molar-refractivity contribution in [3.05, 3.63) is 38.3 Å². The molecule has 0 fully saturated rings. The second-order valence-corrected chi connectivity index (χ2v) is 6.05. The zero-order valence-electron chi connectivity index (χ0n) is 10.3. The Bertz CT molecular complexity index is 572. The van der Waals surface area contributed by atoms with Gasteiger partial charge in [0.05, 0.1) is 3.57 Å². The number of aromatic nitrogens is 2. The third-order valence-electron chi connectivity index (χ3n) is 2.41. The molecule has 1 heterocycles. The summed E-state index contributed by atoms with van der Waals surface area (Å²) >= 11 is 5.45. The van der Waals surface area contributed by atoms with E-state index in [2.05, 4.69) is 60.7 Å². The third-order valence-corrected chi connectivity index (χ3v) is 3.65. The van der Waals surface area contributed by atoms with Crippen LogP contribution in [0.25, 0.3) is 11.4 Å². The van der Waals surface area contributed by atoms with Crippen LogP contribution < -0.4 is 5.32 Å². The highest BCUT2D eigenvalue weighted by atomic mass is 127. The summed E-state index contributed by atoms with van der Waals surface area (Å²) in [5, 5.41) is 3.24. The molecule has 1 aromatic heterocycles. The first-order valence-electron chi connectivity index (χ1n) is 5.83. The molecule has 0 amide bonds. The highest BCUT2D eigenvalue weighted by Gasteiger charge is 2.08. The van der Waals surface area contributed by atoms with Gasteiger partial charge < -0.3 is 5.32 Å². The Labute approximate surface area is 133 Å². The predicted molar refractivity (Wildman–Crippen MR) is 86.6 cm³/mol. The SMILES string of the molecule is CCCNc1nc(-c2cc(F)cc(Br)c2)ncc1I. The van der Waals surface area contributed by atoms with E-state index in [1.807, 2.05) is 0 Å². The van der Waals surface area contributed by atoms with Crippen LogP contribution in [0.3, 0.4) is 0 Å². The lowest BCUT2D eigenvalue weighted by Crippen LogP contribution is -2.05. The van der Waals surface area contributed by atoms with Crippen LogP contribution in [0.4, 0.5) is 10.2 Å². The van der Waals surface area contributed by atoms with Gasteiger partial charge in [-0.2, -0.15) is 0 Å². The summed E-state index contributed by atoms with van der Waals surface area (Å²) in [5.41, 5.74) is 0.655. The topological polar surface area (TPSA) is 37.8 Å². The summed E-state index contributed by atoms with van der Waals surface area (Å²) in [6, 6.07) is 4.64. The zero-order valence-corrected chi connectivity index (χ0v) is 14.0. The second kappa shape index (κ2) is 6.60. The monoisotopic (exact) mass is 435 g/mol. The molecule has 1 aromatic carbocycles. The van der Waals surface area contributed by atoms with Gasteiger partial charge in [-0.3, -0.25) is 0 Å². The Morgan fingerprint density at radius 3 is 2.84 bits per heavy atom. The average Bonchev–Trinajstić information content (AvgIpc) is 2.36. The van der Waals surface area contributed by atoms with Crippen molar-refractivity contribution in [2.75, 3.05) is 11.9 Å². The number of rotatable bonds is 4. The van der Waals surface area contributed by atoms with Gasteiger partial charge in [-0.05, 0) is 47.2 Å². The molecule has 0 aliphatic heterocycles. The van der Waals surface area contributed by atoms with Gasteiger partial charge in [-0.1, -0.05) is 22.9 Å². The summed E-state index contributed by atoms with van der Waals surface area (Å²) < 4.78 is 15.0. The number of halogens is 3. The van der Waals surface area contributed by atoms with Gasteiger partial charge in [-0.15, -0.1) is 0 Å². The number of hydrogen-bond donors (Lipinski definition) is 1. The first-order chi connectivity index (χ1) is 9.10.